The van der Waals surface area contributed by atoms with E-state index in [2.05, 4.69) is 21.7 Å². The molecule has 0 radical (unpaired) electrons. The van der Waals surface area contributed by atoms with Gasteiger partial charge in [-0.2, -0.15) is 4.98 Å². The normalized spacial score (nSPS) is 24.3. The van der Waals surface area contributed by atoms with Crippen LogP contribution in [0, 0.1) is 12.8 Å². The first-order valence-corrected chi connectivity index (χ1v) is 10.8. The fourth-order valence-electron chi connectivity index (χ4n) is 3.65. The molecule has 0 amide bonds. The van der Waals surface area contributed by atoms with E-state index in [1.165, 1.54) is 12.8 Å². The number of hydrogen-bond donors (Lipinski definition) is 0. The predicted molar refractivity (Wildman–Crippen MR) is 97.5 cm³/mol. The maximum absolute atomic E-state index is 11.8. The Hall–Kier alpha value is -1.37. The Morgan fingerprint density at radius 3 is 2.54 bits per heavy atom. The highest BCUT2D eigenvalue weighted by Crippen LogP contribution is 2.26. The van der Waals surface area contributed by atoms with Crippen LogP contribution in [-0.2, 0) is 9.84 Å². The van der Waals surface area contributed by atoms with Gasteiger partial charge < -0.3 is 9.80 Å². The van der Waals surface area contributed by atoms with Crippen LogP contribution in [0.15, 0.2) is 6.07 Å². The second-order valence-corrected chi connectivity index (χ2v) is 9.41. The van der Waals surface area contributed by atoms with E-state index in [0.717, 1.165) is 37.1 Å². The standard InChI is InChI=1S/C17H28N4O2S/c1-4-21(15-7-10-24(22,23)12-15)17-18-14(3)11-16(19-17)20-8-5-13(2)6-9-20/h11,13,15H,4-10,12H2,1-3H3. The van der Waals surface area contributed by atoms with E-state index in [1.54, 1.807) is 0 Å². The van der Waals surface area contributed by atoms with E-state index in [4.69, 9.17) is 4.98 Å². The van der Waals surface area contributed by atoms with Gasteiger partial charge in [-0.1, -0.05) is 6.92 Å². The SMILES string of the molecule is CCN(c1nc(C)cc(N2CCC(C)CC2)n1)C1CCS(=O)(=O)C1. The number of hydrogen-bond acceptors (Lipinski definition) is 6. The van der Waals surface area contributed by atoms with Gasteiger partial charge in [0, 0.05) is 37.4 Å². The van der Waals surface area contributed by atoms with Gasteiger partial charge in [0.1, 0.15) is 5.82 Å². The summed E-state index contributed by atoms with van der Waals surface area (Å²) in [6, 6.07) is 2.04. The summed E-state index contributed by atoms with van der Waals surface area (Å²) in [7, 11) is -2.91. The number of rotatable bonds is 4. The molecule has 0 bridgehead atoms. The third-order valence-corrected chi connectivity index (χ3v) is 6.93. The van der Waals surface area contributed by atoms with Gasteiger partial charge in [0.05, 0.1) is 11.5 Å². The van der Waals surface area contributed by atoms with Gasteiger partial charge in [0.25, 0.3) is 0 Å². The van der Waals surface area contributed by atoms with Crippen LogP contribution in [0.3, 0.4) is 0 Å². The van der Waals surface area contributed by atoms with Crippen molar-refractivity contribution in [2.45, 2.75) is 46.1 Å². The largest absolute Gasteiger partial charge is 0.356 e. The summed E-state index contributed by atoms with van der Waals surface area (Å²) < 4.78 is 23.7. The van der Waals surface area contributed by atoms with E-state index in [-0.39, 0.29) is 17.5 Å². The van der Waals surface area contributed by atoms with E-state index in [0.29, 0.717) is 12.4 Å². The molecule has 0 aromatic carbocycles. The molecule has 1 aromatic rings. The lowest BCUT2D eigenvalue weighted by Gasteiger charge is -2.33. The third-order valence-electron chi connectivity index (χ3n) is 5.18. The molecule has 134 valence electrons. The average Bonchev–Trinajstić information content (AvgIpc) is 2.88. The Labute approximate surface area is 145 Å². The molecule has 2 aliphatic rings. The van der Waals surface area contributed by atoms with Crippen molar-refractivity contribution >= 4 is 21.6 Å². The van der Waals surface area contributed by atoms with Gasteiger partial charge >= 0.3 is 0 Å². The minimum atomic E-state index is -2.91. The molecule has 7 heteroatoms. The summed E-state index contributed by atoms with van der Waals surface area (Å²) in [5.74, 6) is 2.92. The molecule has 1 unspecified atom stereocenters. The minimum Gasteiger partial charge on any atom is -0.356 e. The van der Waals surface area contributed by atoms with Gasteiger partial charge in [-0.25, -0.2) is 13.4 Å². The Morgan fingerprint density at radius 2 is 1.96 bits per heavy atom. The third kappa shape index (κ3) is 3.82. The van der Waals surface area contributed by atoms with Gasteiger partial charge in [-0.05, 0) is 39.0 Å². The molecule has 0 saturated carbocycles. The van der Waals surface area contributed by atoms with E-state index in [9.17, 15) is 8.42 Å². The fourth-order valence-corrected chi connectivity index (χ4v) is 5.38. The monoisotopic (exact) mass is 352 g/mol. The Bertz CT molecular complexity index is 684. The number of nitrogens with zero attached hydrogens (tertiary/aromatic N) is 4. The van der Waals surface area contributed by atoms with Crippen molar-refractivity contribution in [3.05, 3.63) is 11.8 Å². The highest BCUT2D eigenvalue weighted by molar-refractivity contribution is 7.91. The molecule has 0 aliphatic carbocycles. The molecule has 3 heterocycles. The molecule has 0 spiro atoms. The molecule has 6 nitrogen and oxygen atoms in total. The maximum Gasteiger partial charge on any atom is 0.227 e. The lowest BCUT2D eigenvalue weighted by atomic mass is 9.99. The molecular weight excluding hydrogens is 324 g/mol. The van der Waals surface area contributed by atoms with Gasteiger partial charge in [0.15, 0.2) is 9.84 Å². The molecule has 2 fully saturated rings. The summed E-state index contributed by atoms with van der Waals surface area (Å²) in [6.07, 6.45) is 3.05. The first-order valence-electron chi connectivity index (χ1n) is 8.95. The zero-order valence-electron chi connectivity index (χ0n) is 14.9. The first-order chi connectivity index (χ1) is 11.4. The summed E-state index contributed by atoms with van der Waals surface area (Å²) in [5, 5.41) is 0. The van der Waals surface area contributed by atoms with Crippen LogP contribution in [0.5, 0.6) is 0 Å². The van der Waals surface area contributed by atoms with E-state index in [1.807, 2.05) is 19.9 Å². The number of aromatic nitrogens is 2. The lowest BCUT2D eigenvalue weighted by Crippen LogP contribution is -2.38. The maximum atomic E-state index is 11.8. The van der Waals surface area contributed by atoms with Crippen LogP contribution in [0.4, 0.5) is 11.8 Å². The summed E-state index contributed by atoms with van der Waals surface area (Å²) in [5.41, 5.74) is 0.938. The van der Waals surface area contributed by atoms with Crippen molar-refractivity contribution in [2.75, 3.05) is 40.9 Å². The van der Waals surface area contributed by atoms with Crippen LogP contribution in [-0.4, -0.2) is 55.6 Å². The van der Waals surface area contributed by atoms with Gasteiger partial charge in [-0.15, -0.1) is 0 Å². The van der Waals surface area contributed by atoms with Crippen LogP contribution in [0.2, 0.25) is 0 Å². The number of sulfone groups is 1. The summed E-state index contributed by atoms with van der Waals surface area (Å²) in [4.78, 5) is 13.8. The van der Waals surface area contributed by atoms with E-state index >= 15 is 0 Å². The summed E-state index contributed by atoms with van der Waals surface area (Å²) in [6.45, 7) is 9.11. The topological polar surface area (TPSA) is 66.4 Å². The van der Waals surface area contributed by atoms with Crippen molar-refractivity contribution in [2.24, 2.45) is 5.92 Å². The van der Waals surface area contributed by atoms with Crippen molar-refractivity contribution in [3.63, 3.8) is 0 Å². The summed E-state index contributed by atoms with van der Waals surface area (Å²) >= 11 is 0. The number of piperidine rings is 1. The number of anilines is 2. The molecule has 0 N–H and O–H groups in total. The average molecular weight is 353 g/mol. The molecule has 2 saturated heterocycles. The highest BCUT2D eigenvalue weighted by atomic mass is 32.2. The smallest absolute Gasteiger partial charge is 0.227 e. The Balaban J connectivity index is 1.84. The van der Waals surface area contributed by atoms with Gasteiger partial charge in [-0.3, -0.25) is 0 Å². The lowest BCUT2D eigenvalue weighted by molar-refractivity contribution is 0.436. The first kappa shape index (κ1) is 17.5. The number of aryl methyl sites for hydroxylation is 1. The zero-order chi connectivity index (χ0) is 17.3. The second-order valence-electron chi connectivity index (χ2n) is 7.18. The predicted octanol–water partition coefficient (Wildman–Crippen LogP) is 2.03. The zero-order valence-corrected chi connectivity index (χ0v) is 15.7. The van der Waals surface area contributed by atoms with Crippen molar-refractivity contribution < 1.29 is 8.42 Å². The molecule has 3 rings (SSSR count). The van der Waals surface area contributed by atoms with E-state index < -0.39 is 9.84 Å². The second kappa shape index (κ2) is 6.86. The molecule has 2 aliphatic heterocycles. The van der Waals surface area contributed by atoms with Crippen LogP contribution in [0.1, 0.15) is 38.8 Å². The molecular formula is C17H28N4O2S. The quantitative estimate of drug-likeness (QED) is 0.826. The van der Waals surface area contributed by atoms with Crippen molar-refractivity contribution in [1.82, 2.24) is 9.97 Å². The highest BCUT2D eigenvalue weighted by Gasteiger charge is 2.33. The van der Waals surface area contributed by atoms with Crippen LogP contribution in [0.25, 0.3) is 0 Å². The molecule has 1 aromatic heterocycles. The minimum absolute atomic E-state index is 0.00368. The van der Waals surface area contributed by atoms with Crippen molar-refractivity contribution in [3.8, 4) is 0 Å². The van der Waals surface area contributed by atoms with Crippen molar-refractivity contribution in [1.29, 1.82) is 0 Å². The fraction of sp³-hybridized carbons (Fsp3) is 0.765. The molecule has 24 heavy (non-hydrogen) atoms. The Kier molecular flexibility index (Phi) is 4.99. The van der Waals surface area contributed by atoms with Gasteiger partial charge in [0.2, 0.25) is 5.95 Å². The van der Waals surface area contributed by atoms with Crippen LogP contribution < -0.4 is 9.80 Å². The molecule has 1 atom stereocenters. The van der Waals surface area contributed by atoms with Crippen LogP contribution >= 0.6 is 0 Å². The Morgan fingerprint density at radius 1 is 1.25 bits per heavy atom.